The second-order valence-corrected chi connectivity index (χ2v) is 4.81. The summed E-state index contributed by atoms with van der Waals surface area (Å²) in [5.74, 6) is -0.357. The summed E-state index contributed by atoms with van der Waals surface area (Å²) in [5.41, 5.74) is 0.648. The number of rotatable bonds is 6. The Kier molecular flexibility index (Phi) is 4.04. The summed E-state index contributed by atoms with van der Waals surface area (Å²) in [6.45, 7) is 3.02. The van der Waals surface area contributed by atoms with E-state index >= 15 is 0 Å². The molecule has 100 valence electrons. The van der Waals surface area contributed by atoms with E-state index in [9.17, 15) is 4.79 Å². The Labute approximate surface area is 106 Å². The highest BCUT2D eigenvalue weighted by Gasteiger charge is 2.26. The molecule has 2 N–H and O–H groups in total. The lowest BCUT2D eigenvalue weighted by atomic mass is 9.91. The third-order valence-electron chi connectivity index (χ3n) is 3.50. The van der Waals surface area contributed by atoms with Crippen molar-refractivity contribution in [1.82, 2.24) is 4.90 Å². The van der Waals surface area contributed by atoms with E-state index in [2.05, 4.69) is 4.90 Å². The molecule has 1 heterocycles. The topological polar surface area (TPSA) is 73.9 Å². The molecule has 1 saturated carbocycles. The molecule has 18 heavy (non-hydrogen) atoms. The Bertz CT molecular complexity index is 423. The maximum absolute atomic E-state index is 10.9. The molecule has 1 aromatic rings. The number of hydrogen-bond donors (Lipinski definition) is 2. The summed E-state index contributed by atoms with van der Waals surface area (Å²) in [6, 6.07) is 2.27. The molecule has 0 amide bonds. The SMILES string of the molecule is Cc1cc(CN(CCO)C2CCC2)oc1C(=O)O. The minimum atomic E-state index is -1.03. The molecule has 1 aromatic heterocycles. The van der Waals surface area contributed by atoms with Gasteiger partial charge in [-0.1, -0.05) is 6.42 Å². The number of aromatic carboxylic acids is 1. The van der Waals surface area contributed by atoms with Crippen molar-refractivity contribution in [2.45, 2.75) is 38.8 Å². The number of aliphatic hydroxyl groups is 1. The van der Waals surface area contributed by atoms with Crippen LogP contribution >= 0.6 is 0 Å². The Hall–Kier alpha value is -1.33. The second kappa shape index (κ2) is 5.54. The molecule has 0 spiro atoms. The zero-order chi connectivity index (χ0) is 13.1. The van der Waals surface area contributed by atoms with Crippen molar-refractivity contribution >= 4 is 5.97 Å². The van der Waals surface area contributed by atoms with Gasteiger partial charge in [-0.3, -0.25) is 4.90 Å². The number of aryl methyl sites for hydroxylation is 1. The zero-order valence-electron chi connectivity index (χ0n) is 10.6. The lowest BCUT2D eigenvalue weighted by Gasteiger charge is -2.36. The first-order chi connectivity index (χ1) is 8.61. The van der Waals surface area contributed by atoms with Crippen molar-refractivity contribution in [1.29, 1.82) is 0 Å². The van der Waals surface area contributed by atoms with Crippen LogP contribution in [0.25, 0.3) is 0 Å². The van der Waals surface area contributed by atoms with Gasteiger partial charge in [0.05, 0.1) is 13.2 Å². The van der Waals surface area contributed by atoms with Gasteiger partial charge >= 0.3 is 5.97 Å². The molecule has 0 aliphatic heterocycles. The first kappa shape index (κ1) is 13.1. The van der Waals surface area contributed by atoms with Crippen LogP contribution in [0.4, 0.5) is 0 Å². The minimum Gasteiger partial charge on any atom is -0.475 e. The lowest BCUT2D eigenvalue weighted by molar-refractivity contribution is 0.0645. The van der Waals surface area contributed by atoms with Crippen molar-refractivity contribution in [2.24, 2.45) is 0 Å². The molecule has 1 fully saturated rings. The summed E-state index contributed by atoms with van der Waals surface area (Å²) >= 11 is 0. The van der Waals surface area contributed by atoms with Gasteiger partial charge in [0.1, 0.15) is 5.76 Å². The summed E-state index contributed by atoms with van der Waals surface area (Å²) in [5, 5.41) is 18.0. The average molecular weight is 253 g/mol. The third-order valence-corrected chi connectivity index (χ3v) is 3.50. The highest BCUT2D eigenvalue weighted by atomic mass is 16.4. The number of hydrogen-bond acceptors (Lipinski definition) is 4. The van der Waals surface area contributed by atoms with Gasteiger partial charge in [-0.2, -0.15) is 0 Å². The largest absolute Gasteiger partial charge is 0.475 e. The zero-order valence-corrected chi connectivity index (χ0v) is 10.6. The maximum atomic E-state index is 10.9. The highest BCUT2D eigenvalue weighted by molar-refractivity contribution is 5.86. The van der Waals surface area contributed by atoms with E-state index in [1.54, 1.807) is 13.0 Å². The van der Waals surface area contributed by atoms with Crippen LogP contribution in [-0.2, 0) is 6.54 Å². The van der Waals surface area contributed by atoms with Crippen molar-refractivity contribution < 1.29 is 19.4 Å². The van der Waals surface area contributed by atoms with E-state index in [4.69, 9.17) is 14.6 Å². The van der Waals surface area contributed by atoms with Gasteiger partial charge < -0.3 is 14.6 Å². The predicted octanol–water partition coefficient (Wildman–Crippen LogP) is 1.63. The quantitative estimate of drug-likeness (QED) is 0.806. The Morgan fingerprint density at radius 2 is 2.28 bits per heavy atom. The fourth-order valence-corrected chi connectivity index (χ4v) is 2.31. The van der Waals surface area contributed by atoms with Crippen LogP contribution in [0.15, 0.2) is 10.5 Å². The molecule has 5 nitrogen and oxygen atoms in total. The second-order valence-electron chi connectivity index (χ2n) is 4.81. The fourth-order valence-electron chi connectivity index (χ4n) is 2.31. The van der Waals surface area contributed by atoms with E-state index in [1.807, 2.05) is 0 Å². The number of furan rings is 1. The Morgan fingerprint density at radius 3 is 2.72 bits per heavy atom. The lowest BCUT2D eigenvalue weighted by Crippen LogP contribution is -2.41. The molecule has 1 aliphatic rings. The van der Waals surface area contributed by atoms with Gasteiger partial charge in [-0.15, -0.1) is 0 Å². The van der Waals surface area contributed by atoms with Crippen LogP contribution in [0.1, 0.15) is 41.1 Å². The summed E-state index contributed by atoms with van der Waals surface area (Å²) in [6.07, 6.45) is 3.51. The van der Waals surface area contributed by atoms with Crippen LogP contribution < -0.4 is 0 Å². The number of carboxylic acids is 1. The van der Waals surface area contributed by atoms with E-state index < -0.39 is 5.97 Å². The van der Waals surface area contributed by atoms with Gasteiger partial charge in [0, 0.05) is 18.2 Å². The van der Waals surface area contributed by atoms with Gasteiger partial charge in [-0.05, 0) is 25.8 Å². The molecule has 2 rings (SSSR count). The number of carboxylic acid groups (broad SMARTS) is 1. The van der Waals surface area contributed by atoms with Gasteiger partial charge in [0.25, 0.3) is 0 Å². The van der Waals surface area contributed by atoms with Crippen molar-refractivity contribution in [3.8, 4) is 0 Å². The molecular weight excluding hydrogens is 234 g/mol. The molecule has 0 atom stereocenters. The van der Waals surface area contributed by atoms with Crippen LogP contribution in [0.2, 0.25) is 0 Å². The normalized spacial score (nSPS) is 15.9. The molecule has 0 radical (unpaired) electrons. The van der Waals surface area contributed by atoms with Crippen LogP contribution in [-0.4, -0.2) is 40.3 Å². The molecule has 0 bridgehead atoms. The molecule has 0 aromatic carbocycles. The van der Waals surface area contributed by atoms with E-state index in [-0.39, 0.29) is 12.4 Å². The average Bonchev–Trinajstić information content (AvgIpc) is 2.57. The first-order valence-electron chi connectivity index (χ1n) is 6.29. The van der Waals surface area contributed by atoms with Crippen molar-refractivity contribution in [2.75, 3.05) is 13.2 Å². The smallest absolute Gasteiger partial charge is 0.372 e. The number of nitrogens with zero attached hydrogens (tertiary/aromatic N) is 1. The molecule has 1 aliphatic carbocycles. The highest BCUT2D eigenvalue weighted by Crippen LogP contribution is 2.27. The van der Waals surface area contributed by atoms with E-state index in [1.165, 1.54) is 6.42 Å². The summed E-state index contributed by atoms with van der Waals surface area (Å²) < 4.78 is 5.35. The molecule has 0 saturated heterocycles. The molecular formula is C13H19NO4. The van der Waals surface area contributed by atoms with Crippen LogP contribution in [0.5, 0.6) is 0 Å². The minimum absolute atomic E-state index is 0.0163. The van der Waals surface area contributed by atoms with Crippen molar-refractivity contribution in [3.05, 3.63) is 23.2 Å². The monoisotopic (exact) mass is 253 g/mol. The first-order valence-corrected chi connectivity index (χ1v) is 6.29. The number of aliphatic hydroxyl groups excluding tert-OH is 1. The number of carbonyl (C=O) groups is 1. The van der Waals surface area contributed by atoms with E-state index in [0.29, 0.717) is 30.5 Å². The summed E-state index contributed by atoms with van der Waals surface area (Å²) in [4.78, 5) is 13.1. The maximum Gasteiger partial charge on any atom is 0.372 e. The Morgan fingerprint density at radius 1 is 1.56 bits per heavy atom. The van der Waals surface area contributed by atoms with Crippen LogP contribution in [0.3, 0.4) is 0 Å². The van der Waals surface area contributed by atoms with Crippen molar-refractivity contribution in [3.63, 3.8) is 0 Å². The van der Waals surface area contributed by atoms with Crippen LogP contribution in [0, 0.1) is 6.92 Å². The fraction of sp³-hybridized carbons (Fsp3) is 0.615. The van der Waals surface area contributed by atoms with Gasteiger partial charge in [0.2, 0.25) is 5.76 Å². The molecule has 5 heteroatoms. The third kappa shape index (κ3) is 2.73. The molecule has 0 unspecified atom stereocenters. The van der Waals surface area contributed by atoms with Gasteiger partial charge in [0.15, 0.2) is 0 Å². The predicted molar refractivity (Wildman–Crippen MR) is 65.5 cm³/mol. The van der Waals surface area contributed by atoms with E-state index in [0.717, 1.165) is 12.8 Å². The van der Waals surface area contributed by atoms with Gasteiger partial charge in [-0.25, -0.2) is 4.79 Å². The Balaban J connectivity index is 2.06. The summed E-state index contributed by atoms with van der Waals surface area (Å²) in [7, 11) is 0. The standard InChI is InChI=1S/C13H19NO4/c1-9-7-11(18-12(9)13(16)17)8-14(5-6-15)10-3-2-4-10/h7,10,15H,2-6,8H2,1H3,(H,16,17).